The third-order valence-electron chi connectivity index (χ3n) is 5.21. The number of benzene rings is 3. The Morgan fingerprint density at radius 1 is 0.969 bits per heavy atom. The van der Waals surface area contributed by atoms with Crippen molar-refractivity contribution in [3.63, 3.8) is 0 Å². The summed E-state index contributed by atoms with van der Waals surface area (Å²) in [5.74, 6) is -0.888. The van der Waals surface area contributed by atoms with E-state index in [1.165, 1.54) is 0 Å². The second-order valence-electron chi connectivity index (χ2n) is 7.69. The van der Waals surface area contributed by atoms with Crippen molar-refractivity contribution in [3.8, 4) is 0 Å². The fourth-order valence-corrected chi connectivity index (χ4v) is 3.62. The minimum atomic E-state index is -0.876. The van der Waals surface area contributed by atoms with E-state index in [0.717, 1.165) is 11.3 Å². The highest BCUT2D eigenvalue weighted by molar-refractivity contribution is 6.03. The van der Waals surface area contributed by atoms with Gasteiger partial charge < -0.3 is 20.9 Å². The molecule has 0 saturated carbocycles. The molecule has 1 unspecified atom stereocenters. The number of rotatable bonds is 6. The monoisotopic (exact) mass is 428 g/mol. The highest BCUT2D eigenvalue weighted by Gasteiger charge is 2.27. The van der Waals surface area contributed by atoms with Crippen molar-refractivity contribution in [2.24, 2.45) is 0 Å². The molecule has 1 aliphatic heterocycles. The first kappa shape index (κ1) is 21.1. The number of nitrogens with one attached hydrogen (secondary N) is 3. The van der Waals surface area contributed by atoms with E-state index in [-0.39, 0.29) is 30.8 Å². The van der Waals surface area contributed by atoms with Crippen LogP contribution >= 0.6 is 0 Å². The number of hydrogen-bond donors (Lipinski definition) is 3. The van der Waals surface area contributed by atoms with Gasteiger partial charge in [-0.3, -0.25) is 14.4 Å². The summed E-state index contributed by atoms with van der Waals surface area (Å²) in [5, 5.41) is 8.50. The molecule has 1 atom stereocenters. The van der Waals surface area contributed by atoms with Crippen LogP contribution in [0.5, 0.6) is 0 Å². The number of carbonyl (C=O) groups is 3. The largest absolute Gasteiger partial charge is 0.351 e. The van der Waals surface area contributed by atoms with E-state index in [9.17, 15) is 14.4 Å². The maximum absolute atomic E-state index is 13.1. The summed E-state index contributed by atoms with van der Waals surface area (Å²) in [6.07, 6.45) is 0. The van der Waals surface area contributed by atoms with Gasteiger partial charge in [0.1, 0.15) is 6.04 Å². The first-order valence-electron chi connectivity index (χ1n) is 10.4. The van der Waals surface area contributed by atoms with Gasteiger partial charge in [0, 0.05) is 5.69 Å². The molecule has 0 bridgehead atoms. The molecule has 7 heteroatoms. The molecule has 0 radical (unpaired) electrons. The Balaban J connectivity index is 1.51. The van der Waals surface area contributed by atoms with Crippen LogP contribution in [0.4, 0.5) is 17.1 Å². The molecule has 0 aliphatic carbocycles. The predicted octanol–water partition coefficient (Wildman–Crippen LogP) is 3.25. The Bertz CT molecular complexity index is 1130. The number of anilines is 3. The minimum absolute atomic E-state index is 0.0500. The molecule has 0 spiro atoms. The first-order valence-corrected chi connectivity index (χ1v) is 10.4. The van der Waals surface area contributed by atoms with Gasteiger partial charge >= 0.3 is 0 Å². The fraction of sp³-hybridized carbons (Fsp3) is 0.160. The summed E-state index contributed by atoms with van der Waals surface area (Å²) in [5.41, 5.74) is 3.83. The van der Waals surface area contributed by atoms with E-state index < -0.39 is 6.04 Å². The Hall–Kier alpha value is -4.13. The zero-order valence-corrected chi connectivity index (χ0v) is 17.7. The standard InChI is InChI=1S/C25H24N4O3/c1-17-11-13-19(14-12-17)26-25(32)24(18-7-3-2-4-8-18)28-23(31)16-29-15-22(30)27-20-9-5-6-10-21(20)29/h2-14,24H,15-16H2,1H3,(H,26,32)(H,27,30)(H,28,31). The SMILES string of the molecule is Cc1ccc(NC(=O)C(NC(=O)CN2CC(=O)Nc3ccccc32)c2ccccc2)cc1. The molecular weight excluding hydrogens is 404 g/mol. The third kappa shape index (κ3) is 4.95. The van der Waals surface area contributed by atoms with Gasteiger partial charge in [0.05, 0.1) is 24.5 Å². The van der Waals surface area contributed by atoms with E-state index in [2.05, 4.69) is 16.0 Å². The van der Waals surface area contributed by atoms with E-state index in [0.29, 0.717) is 16.9 Å². The normalized spacial score (nSPS) is 13.5. The lowest BCUT2D eigenvalue weighted by molar-refractivity contribution is -0.126. The Kier molecular flexibility index (Phi) is 6.17. The lowest BCUT2D eigenvalue weighted by Crippen LogP contribution is -2.46. The smallest absolute Gasteiger partial charge is 0.251 e. The van der Waals surface area contributed by atoms with Gasteiger partial charge in [-0.15, -0.1) is 0 Å². The van der Waals surface area contributed by atoms with Gasteiger partial charge in [-0.2, -0.15) is 0 Å². The molecule has 1 heterocycles. The van der Waals surface area contributed by atoms with E-state index >= 15 is 0 Å². The van der Waals surface area contributed by atoms with Gasteiger partial charge in [-0.1, -0.05) is 60.2 Å². The lowest BCUT2D eigenvalue weighted by Gasteiger charge is -2.30. The molecule has 3 aromatic carbocycles. The van der Waals surface area contributed by atoms with Gasteiger partial charge in [-0.05, 0) is 36.8 Å². The van der Waals surface area contributed by atoms with Crippen molar-refractivity contribution in [1.82, 2.24) is 5.32 Å². The average Bonchev–Trinajstić information content (AvgIpc) is 2.79. The van der Waals surface area contributed by atoms with Crippen LogP contribution in [0.25, 0.3) is 0 Å². The fourth-order valence-electron chi connectivity index (χ4n) is 3.62. The summed E-state index contributed by atoms with van der Waals surface area (Å²) in [4.78, 5) is 39.8. The van der Waals surface area contributed by atoms with Gasteiger partial charge in [-0.25, -0.2) is 0 Å². The molecular formula is C25H24N4O3. The molecule has 32 heavy (non-hydrogen) atoms. The van der Waals surface area contributed by atoms with Crippen LogP contribution in [-0.4, -0.2) is 30.8 Å². The Morgan fingerprint density at radius 3 is 2.41 bits per heavy atom. The van der Waals surface area contributed by atoms with E-state index in [4.69, 9.17) is 0 Å². The molecule has 7 nitrogen and oxygen atoms in total. The summed E-state index contributed by atoms with van der Waals surface area (Å²) < 4.78 is 0. The number of aryl methyl sites for hydroxylation is 1. The highest BCUT2D eigenvalue weighted by atomic mass is 16.2. The molecule has 0 fully saturated rings. The van der Waals surface area contributed by atoms with Crippen LogP contribution in [0.3, 0.4) is 0 Å². The van der Waals surface area contributed by atoms with Crippen LogP contribution in [0.1, 0.15) is 17.2 Å². The van der Waals surface area contributed by atoms with Crippen molar-refractivity contribution >= 4 is 34.8 Å². The van der Waals surface area contributed by atoms with E-state index in [1.54, 1.807) is 23.1 Å². The predicted molar refractivity (Wildman–Crippen MR) is 124 cm³/mol. The number of amides is 3. The molecule has 0 saturated heterocycles. The van der Waals surface area contributed by atoms with Crippen LogP contribution < -0.4 is 20.9 Å². The molecule has 0 aromatic heterocycles. The molecule has 4 rings (SSSR count). The maximum Gasteiger partial charge on any atom is 0.251 e. The molecule has 3 N–H and O–H groups in total. The molecule has 3 aromatic rings. The Morgan fingerprint density at radius 2 is 1.66 bits per heavy atom. The summed E-state index contributed by atoms with van der Waals surface area (Å²) >= 11 is 0. The van der Waals surface area contributed by atoms with Crippen molar-refractivity contribution in [2.75, 3.05) is 28.6 Å². The second kappa shape index (κ2) is 9.34. The number of nitrogens with zero attached hydrogens (tertiary/aromatic N) is 1. The van der Waals surface area contributed by atoms with Crippen LogP contribution in [0.15, 0.2) is 78.9 Å². The third-order valence-corrected chi connectivity index (χ3v) is 5.21. The van der Waals surface area contributed by atoms with Crippen LogP contribution in [0.2, 0.25) is 0 Å². The Labute approximate surface area is 186 Å². The quantitative estimate of drug-likeness (QED) is 0.562. The van der Waals surface area contributed by atoms with Crippen molar-refractivity contribution < 1.29 is 14.4 Å². The van der Waals surface area contributed by atoms with E-state index in [1.807, 2.05) is 67.6 Å². The number of hydrogen-bond acceptors (Lipinski definition) is 4. The molecule has 1 aliphatic rings. The number of para-hydroxylation sites is 2. The van der Waals surface area contributed by atoms with Gasteiger partial charge in [0.25, 0.3) is 5.91 Å². The average molecular weight is 428 g/mol. The second-order valence-corrected chi connectivity index (χ2v) is 7.69. The van der Waals surface area contributed by atoms with Crippen LogP contribution in [0, 0.1) is 6.92 Å². The minimum Gasteiger partial charge on any atom is -0.351 e. The van der Waals surface area contributed by atoms with Gasteiger partial charge in [0.2, 0.25) is 11.8 Å². The zero-order valence-electron chi connectivity index (χ0n) is 17.7. The highest BCUT2D eigenvalue weighted by Crippen LogP contribution is 2.28. The van der Waals surface area contributed by atoms with Crippen molar-refractivity contribution in [3.05, 3.63) is 90.0 Å². The van der Waals surface area contributed by atoms with Crippen molar-refractivity contribution in [2.45, 2.75) is 13.0 Å². The maximum atomic E-state index is 13.1. The lowest BCUT2D eigenvalue weighted by atomic mass is 10.1. The zero-order chi connectivity index (χ0) is 22.5. The summed E-state index contributed by atoms with van der Waals surface area (Å²) in [6, 6.07) is 23.0. The molecule has 3 amide bonds. The molecule has 162 valence electrons. The van der Waals surface area contributed by atoms with Crippen molar-refractivity contribution in [1.29, 1.82) is 0 Å². The summed E-state index contributed by atoms with van der Waals surface area (Å²) in [6.45, 7) is 1.99. The van der Waals surface area contributed by atoms with Gasteiger partial charge in [0.15, 0.2) is 0 Å². The number of fused-ring (bicyclic) bond motifs is 1. The first-order chi connectivity index (χ1) is 15.5. The summed E-state index contributed by atoms with van der Waals surface area (Å²) in [7, 11) is 0. The topological polar surface area (TPSA) is 90.5 Å². The number of carbonyl (C=O) groups excluding carboxylic acids is 3. The van der Waals surface area contributed by atoms with Crippen LogP contribution in [-0.2, 0) is 14.4 Å².